The van der Waals surface area contributed by atoms with Crippen molar-refractivity contribution in [3.05, 3.63) is 54.9 Å². The van der Waals surface area contributed by atoms with E-state index in [4.69, 9.17) is 0 Å². The molecule has 21 heavy (non-hydrogen) atoms. The van der Waals surface area contributed by atoms with Gasteiger partial charge in [0.1, 0.15) is 0 Å². The number of imidazole rings is 1. The first kappa shape index (κ1) is 13.7. The molecule has 5 nitrogen and oxygen atoms in total. The lowest BCUT2D eigenvalue weighted by Crippen LogP contribution is -2.21. The zero-order valence-electron chi connectivity index (χ0n) is 12.1. The first-order chi connectivity index (χ1) is 10.3. The van der Waals surface area contributed by atoms with Crippen LogP contribution >= 0.6 is 0 Å². The normalized spacial score (nSPS) is 12.6. The third-order valence-corrected chi connectivity index (χ3v) is 3.58. The fraction of sp³-hybridized carbons (Fsp3) is 0.312. The number of para-hydroxylation sites is 2. The highest BCUT2D eigenvalue weighted by Crippen LogP contribution is 2.12. The summed E-state index contributed by atoms with van der Waals surface area (Å²) < 4.78 is 2.20. The first-order valence-corrected chi connectivity index (χ1v) is 7.24. The summed E-state index contributed by atoms with van der Waals surface area (Å²) in [5, 5.41) is 3.47. The topological polar surface area (TPSA) is 55.6 Å². The average molecular weight is 281 g/mol. The Morgan fingerprint density at radius 1 is 1.19 bits per heavy atom. The lowest BCUT2D eigenvalue weighted by molar-refractivity contribution is 0.521. The zero-order chi connectivity index (χ0) is 14.5. The molecule has 0 fully saturated rings. The van der Waals surface area contributed by atoms with Crippen molar-refractivity contribution < 1.29 is 0 Å². The number of benzene rings is 1. The molecule has 1 N–H and O–H groups in total. The Balaban J connectivity index is 1.50. The molecule has 0 saturated carbocycles. The third kappa shape index (κ3) is 3.25. The summed E-state index contributed by atoms with van der Waals surface area (Å²) in [5.41, 5.74) is 3.23. The third-order valence-electron chi connectivity index (χ3n) is 3.58. The lowest BCUT2D eigenvalue weighted by Gasteiger charge is -2.12. The van der Waals surface area contributed by atoms with E-state index in [1.54, 1.807) is 18.6 Å². The number of nitrogens with zero attached hydrogens (tertiary/aromatic N) is 4. The molecule has 0 saturated heterocycles. The fourth-order valence-corrected chi connectivity index (χ4v) is 2.40. The highest BCUT2D eigenvalue weighted by atomic mass is 15.0. The van der Waals surface area contributed by atoms with Gasteiger partial charge in [-0.25, -0.2) is 4.98 Å². The number of aromatic nitrogens is 4. The maximum Gasteiger partial charge on any atom is 0.0958 e. The van der Waals surface area contributed by atoms with Crippen molar-refractivity contribution in [3.63, 3.8) is 0 Å². The highest BCUT2D eigenvalue weighted by molar-refractivity contribution is 5.74. The summed E-state index contributed by atoms with van der Waals surface area (Å²) in [6.45, 7) is 4.00. The largest absolute Gasteiger partial charge is 0.331 e. The Morgan fingerprint density at radius 3 is 2.95 bits per heavy atom. The molecule has 0 aliphatic rings. The second-order valence-electron chi connectivity index (χ2n) is 5.09. The molecule has 3 aromatic rings. The molecule has 108 valence electrons. The summed E-state index contributed by atoms with van der Waals surface area (Å²) in [6, 6.07) is 8.44. The molecule has 0 spiro atoms. The van der Waals surface area contributed by atoms with Crippen molar-refractivity contribution in [1.82, 2.24) is 24.8 Å². The molecule has 1 unspecified atom stereocenters. The van der Waals surface area contributed by atoms with Gasteiger partial charge in [-0.15, -0.1) is 0 Å². The van der Waals surface area contributed by atoms with Crippen LogP contribution in [0.5, 0.6) is 0 Å². The van der Waals surface area contributed by atoms with Crippen molar-refractivity contribution in [2.45, 2.75) is 25.9 Å². The minimum absolute atomic E-state index is 0.221. The molecule has 0 aliphatic carbocycles. The van der Waals surface area contributed by atoms with Crippen LogP contribution in [-0.4, -0.2) is 26.1 Å². The van der Waals surface area contributed by atoms with Crippen molar-refractivity contribution in [2.24, 2.45) is 0 Å². The number of rotatable bonds is 6. The van der Waals surface area contributed by atoms with Gasteiger partial charge in [-0.2, -0.15) is 0 Å². The number of fused-ring (bicyclic) bond motifs is 1. The van der Waals surface area contributed by atoms with Gasteiger partial charge < -0.3 is 9.88 Å². The van der Waals surface area contributed by atoms with Crippen LogP contribution in [-0.2, 0) is 6.54 Å². The Bertz CT molecular complexity index is 692. The average Bonchev–Trinajstić information content (AvgIpc) is 2.95. The highest BCUT2D eigenvalue weighted by Gasteiger charge is 2.05. The summed E-state index contributed by atoms with van der Waals surface area (Å²) >= 11 is 0. The Kier molecular flexibility index (Phi) is 4.21. The van der Waals surface area contributed by atoms with Crippen molar-refractivity contribution >= 4 is 11.0 Å². The Labute approximate surface area is 124 Å². The first-order valence-electron chi connectivity index (χ1n) is 7.24. The quantitative estimate of drug-likeness (QED) is 0.706. The summed E-state index contributed by atoms with van der Waals surface area (Å²) in [6.07, 6.45) is 8.19. The van der Waals surface area contributed by atoms with Crippen LogP contribution in [0, 0.1) is 0 Å². The van der Waals surface area contributed by atoms with Crippen molar-refractivity contribution in [2.75, 3.05) is 6.54 Å². The van der Waals surface area contributed by atoms with Crippen molar-refractivity contribution in [1.29, 1.82) is 0 Å². The second kappa shape index (κ2) is 6.45. The van der Waals surface area contributed by atoms with E-state index in [9.17, 15) is 0 Å². The van der Waals surface area contributed by atoms with E-state index < -0.39 is 0 Å². The Morgan fingerprint density at radius 2 is 2.10 bits per heavy atom. The maximum absolute atomic E-state index is 4.40. The molecule has 1 aromatic carbocycles. The van der Waals surface area contributed by atoms with Crippen LogP contribution in [0.25, 0.3) is 11.0 Å². The number of nitrogens with one attached hydrogen (secondary N) is 1. The number of hydrogen-bond acceptors (Lipinski definition) is 4. The zero-order valence-corrected chi connectivity index (χ0v) is 12.1. The Hall–Kier alpha value is -2.27. The van der Waals surface area contributed by atoms with E-state index in [2.05, 4.69) is 43.9 Å². The molecular weight excluding hydrogens is 262 g/mol. The van der Waals surface area contributed by atoms with E-state index >= 15 is 0 Å². The summed E-state index contributed by atoms with van der Waals surface area (Å²) in [5.74, 6) is 0. The van der Waals surface area contributed by atoms with Gasteiger partial charge in [-0.1, -0.05) is 12.1 Å². The van der Waals surface area contributed by atoms with Crippen LogP contribution < -0.4 is 5.32 Å². The predicted octanol–water partition coefficient (Wildman–Crippen LogP) is 2.57. The minimum Gasteiger partial charge on any atom is -0.331 e. The SMILES string of the molecule is CC(NCCCn1cnc2ccccc21)c1cnccn1. The summed E-state index contributed by atoms with van der Waals surface area (Å²) in [7, 11) is 0. The molecule has 3 rings (SSSR count). The molecule has 5 heteroatoms. The van der Waals surface area contributed by atoms with Crippen LogP contribution in [0.2, 0.25) is 0 Å². The number of aryl methyl sites for hydroxylation is 1. The van der Waals surface area contributed by atoms with E-state index in [-0.39, 0.29) is 6.04 Å². The van der Waals surface area contributed by atoms with Crippen LogP contribution in [0.15, 0.2) is 49.2 Å². The van der Waals surface area contributed by atoms with Gasteiger partial charge in [0.2, 0.25) is 0 Å². The molecule has 0 aliphatic heterocycles. The molecule has 0 radical (unpaired) electrons. The predicted molar refractivity (Wildman–Crippen MR) is 82.8 cm³/mol. The van der Waals surface area contributed by atoms with Gasteiger partial charge in [0.05, 0.1) is 23.1 Å². The smallest absolute Gasteiger partial charge is 0.0958 e. The molecule has 2 heterocycles. The fourth-order valence-electron chi connectivity index (χ4n) is 2.40. The van der Waals surface area contributed by atoms with Crippen LogP contribution in [0.3, 0.4) is 0 Å². The molecule has 0 amide bonds. The molecule has 2 aromatic heterocycles. The standard InChI is InChI=1S/C16H19N5/c1-13(15-11-17-8-9-19-15)18-7-4-10-21-12-20-14-5-2-3-6-16(14)21/h2-3,5-6,8-9,11-13,18H,4,7,10H2,1H3. The van der Waals surface area contributed by atoms with Gasteiger partial charge in [0.15, 0.2) is 0 Å². The van der Waals surface area contributed by atoms with Crippen molar-refractivity contribution in [3.8, 4) is 0 Å². The van der Waals surface area contributed by atoms with Gasteiger partial charge >= 0.3 is 0 Å². The van der Waals surface area contributed by atoms with E-state index in [0.29, 0.717) is 0 Å². The minimum atomic E-state index is 0.221. The van der Waals surface area contributed by atoms with Gasteiger partial charge in [-0.05, 0) is 32.0 Å². The summed E-state index contributed by atoms with van der Waals surface area (Å²) in [4.78, 5) is 12.8. The molecule has 1 atom stereocenters. The second-order valence-corrected chi connectivity index (χ2v) is 5.09. The van der Waals surface area contributed by atoms with Crippen LogP contribution in [0.1, 0.15) is 25.1 Å². The van der Waals surface area contributed by atoms with E-state index in [1.165, 1.54) is 5.52 Å². The van der Waals surface area contributed by atoms with Gasteiger partial charge in [-0.3, -0.25) is 9.97 Å². The van der Waals surface area contributed by atoms with Gasteiger partial charge in [0, 0.05) is 31.2 Å². The van der Waals surface area contributed by atoms with Crippen LogP contribution in [0.4, 0.5) is 0 Å². The van der Waals surface area contributed by atoms with E-state index in [1.807, 2.05) is 18.5 Å². The molecule has 0 bridgehead atoms. The lowest BCUT2D eigenvalue weighted by atomic mass is 10.2. The maximum atomic E-state index is 4.40. The number of hydrogen-bond donors (Lipinski definition) is 1. The monoisotopic (exact) mass is 281 g/mol. The molecular formula is C16H19N5. The van der Waals surface area contributed by atoms with E-state index in [0.717, 1.165) is 30.7 Å². The van der Waals surface area contributed by atoms with Gasteiger partial charge in [0.25, 0.3) is 0 Å².